The van der Waals surface area contributed by atoms with Crippen LogP contribution in [0.4, 0.5) is 5.00 Å². The van der Waals surface area contributed by atoms with E-state index in [9.17, 15) is 9.59 Å². The summed E-state index contributed by atoms with van der Waals surface area (Å²) in [6, 6.07) is 0. The zero-order valence-electron chi connectivity index (χ0n) is 12.3. The lowest BCUT2D eigenvalue weighted by atomic mass is 9.95. The lowest BCUT2D eigenvalue weighted by Gasteiger charge is -2.12. The van der Waals surface area contributed by atoms with Crippen molar-refractivity contribution >= 4 is 39.8 Å². The van der Waals surface area contributed by atoms with Gasteiger partial charge in [0.15, 0.2) is 0 Å². The SMILES string of the molecule is CCOC(=O)c1c(NC(=O)[C@@H](Cl)CC)sc2c1CCCC2. The van der Waals surface area contributed by atoms with Crippen LogP contribution in [-0.2, 0) is 22.4 Å². The molecule has 1 aromatic heterocycles. The Morgan fingerprint density at radius 2 is 2.05 bits per heavy atom. The summed E-state index contributed by atoms with van der Waals surface area (Å²) in [5, 5.41) is 2.81. The maximum absolute atomic E-state index is 12.2. The number of alkyl halides is 1. The predicted molar refractivity (Wildman–Crippen MR) is 85.5 cm³/mol. The fourth-order valence-electron chi connectivity index (χ4n) is 2.45. The van der Waals surface area contributed by atoms with E-state index < -0.39 is 5.38 Å². The van der Waals surface area contributed by atoms with Gasteiger partial charge in [-0.25, -0.2) is 4.79 Å². The van der Waals surface area contributed by atoms with E-state index in [1.165, 1.54) is 16.2 Å². The summed E-state index contributed by atoms with van der Waals surface area (Å²) in [7, 11) is 0. The second-order valence-electron chi connectivity index (χ2n) is 5.00. The van der Waals surface area contributed by atoms with Crippen molar-refractivity contribution in [3.05, 3.63) is 16.0 Å². The summed E-state index contributed by atoms with van der Waals surface area (Å²) in [5.74, 6) is -0.613. The van der Waals surface area contributed by atoms with Crippen molar-refractivity contribution in [1.82, 2.24) is 0 Å². The van der Waals surface area contributed by atoms with Crippen LogP contribution in [0.15, 0.2) is 0 Å². The molecule has 1 N–H and O–H groups in total. The van der Waals surface area contributed by atoms with Crippen LogP contribution in [-0.4, -0.2) is 23.9 Å². The monoisotopic (exact) mass is 329 g/mol. The van der Waals surface area contributed by atoms with Crippen molar-refractivity contribution in [2.24, 2.45) is 0 Å². The molecule has 2 rings (SSSR count). The Morgan fingerprint density at radius 1 is 1.33 bits per heavy atom. The standard InChI is InChI=1S/C15H20ClNO3S/c1-3-10(16)13(18)17-14-12(15(19)20-4-2)9-7-5-6-8-11(9)21-14/h10H,3-8H2,1-2H3,(H,17,18)/t10-/m0/s1. The molecule has 0 saturated carbocycles. The van der Waals surface area contributed by atoms with Gasteiger partial charge in [-0.1, -0.05) is 6.92 Å². The minimum Gasteiger partial charge on any atom is -0.462 e. The zero-order chi connectivity index (χ0) is 15.4. The van der Waals surface area contributed by atoms with Gasteiger partial charge in [-0.2, -0.15) is 0 Å². The third kappa shape index (κ3) is 3.58. The van der Waals surface area contributed by atoms with Gasteiger partial charge in [0.2, 0.25) is 5.91 Å². The molecule has 4 nitrogen and oxygen atoms in total. The topological polar surface area (TPSA) is 55.4 Å². The number of esters is 1. The Balaban J connectivity index is 2.33. The number of halogens is 1. The molecule has 21 heavy (non-hydrogen) atoms. The van der Waals surface area contributed by atoms with Crippen LogP contribution < -0.4 is 5.32 Å². The summed E-state index contributed by atoms with van der Waals surface area (Å²) in [5.41, 5.74) is 1.58. The number of nitrogens with one attached hydrogen (secondary N) is 1. The maximum atomic E-state index is 12.2. The smallest absolute Gasteiger partial charge is 0.341 e. The van der Waals surface area contributed by atoms with Gasteiger partial charge < -0.3 is 10.1 Å². The highest BCUT2D eigenvalue weighted by atomic mass is 35.5. The Labute approximate surface area is 133 Å². The number of carbonyl (C=O) groups excluding carboxylic acids is 2. The Morgan fingerprint density at radius 3 is 2.71 bits per heavy atom. The summed E-state index contributed by atoms with van der Waals surface area (Å²) in [6.07, 6.45) is 4.56. The molecule has 0 unspecified atom stereocenters. The van der Waals surface area contributed by atoms with Crippen LogP contribution in [0.1, 0.15) is 53.9 Å². The fraction of sp³-hybridized carbons (Fsp3) is 0.600. The maximum Gasteiger partial charge on any atom is 0.341 e. The predicted octanol–water partition coefficient (Wildman–Crippen LogP) is 3.76. The summed E-state index contributed by atoms with van der Waals surface area (Å²) < 4.78 is 5.14. The number of anilines is 1. The molecule has 1 heterocycles. The number of amides is 1. The van der Waals surface area contributed by atoms with E-state index in [0.717, 1.165) is 31.2 Å². The number of thiophene rings is 1. The molecule has 0 aliphatic heterocycles. The van der Waals surface area contributed by atoms with Gasteiger partial charge in [0.1, 0.15) is 10.4 Å². The molecule has 1 aromatic rings. The van der Waals surface area contributed by atoms with Crippen molar-refractivity contribution in [3.8, 4) is 0 Å². The van der Waals surface area contributed by atoms with Gasteiger partial charge in [-0.3, -0.25) is 4.79 Å². The van der Waals surface area contributed by atoms with E-state index in [1.807, 2.05) is 6.92 Å². The molecule has 0 radical (unpaired) electrons. The van der Waals surface area contributed by atoms with Crippen molar-refractivity contribution in [1.29, 1.82) is 0 Å². The zero-order valence-corrected chi connectivity index (χ0v) is 13.9. The first kappa shape index (κ1) is 16.3. The third-order valence-electron chi connectivity index (χ3n) is 3.53. The first-order valence-corrected chi connectivity index (χ1v) is 8.60. The van der Waals surface area contributed by atoms with E-state index in [4.69, 9.17) is 16.3 Å². The first-order valence-electron chi connectivity index (χ1n) is 7.35. The number of aryl methyl sites for hydroxylation is 1. The fourth-order valence-corrected chi connectivity index (χ4v) is 3.78. The number of carbonyl (C=O) groups is 2. The Kier molecular flexibility index (Phi) is 5.65. The van der Waals surface area contributed by atoms with Gasteiger partial charge in [0.05, 0.1) is 12.2 Å². The highest BCUT2D eigenvalue weighted by Gasteiger charge is 2.28. The van der Waals surface area contributed by atoms with Crippen LogP contribution in [0.3, 0.4) is 0 Å². The molecule has 0 fully saturated rings. The Bertz CT molecular complexity index is 541. The van der Waals surface area contributed by atoms with Crippen molar-refractivity contribution in [2.45, 2.75) is 51.3 Å². The molecule has 116 valence electrons. The van der Waals surface area contributed by atoms with Crippen LogP contribution in [0.2, 0.25) is 0 Å². The van der Waals surface area contributed by atoms with Crippen LogP contribution >= 0.6 is 22.9 Å². The van der Waals surface area contributed by atoms with Crippen LogP contribution in [0, 0.1) is 0 Å². The van der Waals surface area contributed by atoms with Gasteiger partial charge in [-0.15, -0.1) is 22.9 Å². The molecule has 1 aliphatic rings. The second-order valence-corrected chi connectivity index (χ2v) is 6.63. The molecule has 0 bridgehead atoms. The highest BCUT2D eigenvalue weighted by molar-refractivity contribution is 7.17. The Hall–Kier alpha value is -1.07. The van der Waals surface area contributed by atoms with Crippen LogP contribution in [0.25, 0.3) is 0 Å². The summed E-state index contributed by atoms with van der Waals surface area (Å²) in [6.45, 7) is 3.95. The molecule has 1 aliphatic carbocycles. The van der Waals surface area contributed by atoms with E-state index in [1.54, 1.807) is 6.92 Å². The quantitative estimate of drug-likeness (QED) is 0.661. The number of hydrogen-bond acceptors (Lipinski definition) is 4. The first-order chi connectivity index (χ1) is 10.1. The second kappa shape index (κ2) is 7.27. The normalized spacial score (nSPS) is 15.2. The summed E-state index contributed by atoms with van der Waals surface area (Å²) in [4.78, 5) is 25.4. The number of ether oxygens (including phenoxy) is 1. The van der Waals surface area contributed by atoms with Gasteiger partial charge in [0, 0.05) is 4.88 Å². The lowest BCUT2D eigenvalue weighted by molar-refractivity contribution is -0.115. The van der Waals surface area contributed by atoms with Gasteiger partial charge in [0.25, 0.3) is 0 Å². The van der Waals surface area contributed by atoms with Gasteiger partial charge >= 0.3 is 5.97 Å². The van der Waals surface area contributed by atoms with Crippen molar-refractivity contribution in [2.75, 3.05) is 11.9 Å². The number of hydrogen-bond donors (Lipinski definition) is 1. The molecule has 1 atom stereocenters. The van der Waals surface area contributed by atoms with Crippen molar-refractivity contribution in [3.63, 3.8) is 0 Å². The van der Waals surface area contributed by atoms with Crippen LogP contribution in [0.5, 0.6) is 0 Å². The van der Waals surface area contributed by atoms with E-state index in [-0.39, 0.29) is 11.9 Å². The van der Waals surface area contributed by atoms with E-state index in [2.05, 4.69) is 5.32 Å². The minimum atomic E-state index is -0.584. The molecular formula is C15H20ClNO3S. The average molecular weight is 330 g/mol. The van der Waals surface area contributed by atoms with Gasteiger partial charge in [-0.05, 0) is 44.6 Å². The molecular weight excluding hydrogens is 310 g/mol. The minimum absolute atomic E-state index is 0.261. The lowest BCUT2D eigenvalue weighted by Crippen LogP contribution is -2.23. The molecule has 0 aromatic carbocycles. The van der Waals surface area contributed by atoms with E-state index >= 15 is 0 Å². The molecule has 0 spiro atoms. The van der Waals surface area contributed by atoms with Crippen molar-refractivity contribution < 1.29 is 14.3 Å². The van der Waals surface area contributed by atoms with E-state index in [0.29, 0.717) is 23.6 Å². The highest BCUT2D eigenvalue weighted by Crippen LogP contribution is 2.38. The molecule has 6 heteroatoms. The number of fused-ring (bicyclic) bond motifs is 1. The molecule has 0 saturated heterocycles. The molecule has 1 amide bonds. The summed E-state index contributed by atoms with van der Waals surface area (Å²) >= 11 is 7.44. The third-order valence-corrected chi connectivity index (χ3v) is 5.24. The number of rotatable bonds is 5. The largest absolute Gasteiger partial charge is 0.462 e. The average Bonchev–Trinajstić information content (AvgIpc) is 2.84.